The zero-order valence-corrected chi connectivity index (χ0v) is 19.5. The molecule has 3 heterocycles. The van der Waals surface area contributed by atoms with Crippen LogP contribution in [0.3, 0.4) is 0 Å². The van der Waals surface area contributed by atoms with Crippen LogP contribution in [-0.2, 0) is 17.7 Å². The molecule has 0 bridgehead atoms. The average molecular weight is 417 g/mol. The molecule has 162 valence electrons. The van der Waals surface area contributed by atoms with Crippen molar-refractivity contribution in [2.45, 2.75) is 54.5 Å². The van der Waals surface area contributed by atoms with E-state index in [4.69, 9.17) is 14.8 Å². The lowest BCUT2D eigenvalue weighted by molar-refractivity contribution is 0.139. The molecule has 0 amide bonds. The van der Waals surface area contributed by atoms with Gasteiger partial charge in [-0.2, -0.15) is 9.61 Å². The number of aromatic nitrogens is 4. The maximum Gasteiger partial charge on any atom is 0.165 e. The van der Waals surface area contributed by atoms with Crippen molar-refractivity contribution in [3.8, 4) is 11.1 Å². The first-order chi connectivity index (χ1) is 14.9. The summed E-state index contributed by atoms with van der Waals surface area (Å²) in [6, 6.07) is 6.71. The van der Waals surface area contributed by atoms with Crippen LogP contribution in [-0.4, -0.2) is 32.4 Å². The van der Waals surface area contributed by atoms with Crippen LogP contribution in [0.25, 0.3) is 27.8 Å². The van der Waals surface area contributed by atoms with Crippen molar-refractivity contribution >= 4 is 16.7 Å². The van der Waals surface area contributed by atoms with Crippen LogP contribution in [0.2, 0.25) is 0 Å². The molecule has 0 saturated carbocycles. The molecule has 0 fully saturated rings. The molecule has 31 heavy (non-hydrogen) atoms. The number of allylic oxidation sites excluding steroid dienone is 1. The van der Waals surface area contributed by atoms with Gasteiger partial charge in [0.1, 0.15) is 5.65 Å². The summed E-state index contributed by atoms with van der Waals surface area (Å²) in [6.45, 7) is 18.8. The van der Waals surface area contributed by atoms with Crippen LogP contribution >= 0.6 is 0 Å². The van der Waals surface area contributed by atoms with Gasteiger partial charge in [0.2, 0.25) is 0 Å². The van der Waals surface area contributed by atoms with Gasteiger partial charge in [-0.15, -0.1) is 6.58 Å². The van der Waals surface area contributed by atoms with Gasteiger partial charge in [0.15, 0.2) is 5.65 Å². The van der Waals surface area contributed by atoms with E-state index in [2.05, 4.69) is 64.0 Å². The van der Waals surface area contributed by atoms with Gasteiger partial charge in [-0.25, -0.2) is 4.98 Å². The Morgan fingerprint density at radius 1 is 1.00 bits per heavy atom. The lowest BCUT2D eigenvalue weighted by Crippen LogP contribution is -2.11. The molecular weight excluding hydrogens is 384 g/mol. The molecule has 4 aromatic rings. The highest BCUT2D eigenvalue weighted by molar-refractivity contribution is 5.90. The Bertz CT molecular complexity index is 1270. The van der Waals surface area contributed by atoms with Gasteiger partial charge in [0, 0.05) is 30.7 Å². The van der Waals surface area contributed by atoms with Crippen LogP contribution in [0.1, 0.15) is 40.7 Å². The van der Waals surface area contributed by atoms with Gasteiger partial charge in [-0.1, -0.05) is 23.8 Å². The van der Waals surface area contributed by atoms with E-state index in [0.717, 1.165) is 46.6 Å². The van der Waals surface area contributed by atoms with Crippen molar-refractivity contribution < 1.29 is 4.74 Å². The highest BCUT2D eigenvalue weighted by atomic mass is 16.5. The quantitative estimate of drug-likeness (QED) is 0.288. The first kappa shape index (κ1) is 21.3. The van der Waals surface area contributed by atoms with Crippen LogP contribution in [0.4, 0.5) is 0 Å². The fourth-order valence-corrected chi connectivity index (χ4v) is 4.80. The van der Waals surface area contributed by atoms with Crippen molar-refractivity contribution in [1.82, 2.24) is 19.2 Å². The van der Waals surface area contributed by atoms with Crippen molar-refractivity contribution in [3.63, 3.8) is 0 Å². The molecule has 0 radical (unpaired) electrons. The largest absolute Gasteiger partial charge is 0.380 e. The molecule has 1 aromatic carbocycles. The van der Waals surface area contributed by atoms with Gasteiger partial charge in [0.25, 0.3) is 0 Å². The average Bonchev–Trinajstić information content (AvgIpc) is 3.21. The normalized spacial score (nSPS) is 11.7. The predicted molar refractivity (Wildman–Crippen MR) is 128 cm³/mol. The van der Waals surface area contributed by atoms with Gasteiger partial charge in [0.05, 0.1) is 23.6 Å². The monoisotopic (exact) mass is 416 g/mol. The van der Waals surface area contributed by atoms with E-state index >= 15 is 0 Å². The summed E-state index contributed by atoms with van der Waals surface area (Å²) in [6.07, 6.45) is 2.75. The molecule has 0 atom stereocenters. The van der Waals surface area contributed by atoms with E-state index in [-0.39, 0.29) is 0 Å². The molecular formula is C26H32N4O. The molecule has 0 saturated heterocycles. The Balaban J connectivity index is 2.05. The zero-order valence-electron chi connectivity index (χ0n) is 19.5. The SMILES string of the molecule is C=CCc1cc2c(C)nc3c(-c4c(C)cc(C)cc4C)c(C)nn3c2n1CCOCC. The second kappa shape index (κ2) is 8.31. The highest BCUT2D eigenvalue weighted by Crippen LogP contribution is 2.35. The first-order valence-electron chi connectivity index (χ1n) is 11.0. The van der Waals surface area contributed by atoms with Gasteiger partial charge in [-0.05, 0) is 64.3 Å². The predicted octanol–water partition coefficient (Wildman–Crippen LogP) is 5.66. The van der Waals surface area contributed by atoms with Gasteiger partial charge >= 0.3 is 0 Å². The fraction of sp³-hybridized carbons (Fsp3) is 0.385. The van der Waals surface area contributed by atoms with E-state index in [9.17, 15) is 0 Å². The Labute approximate surface area is 184 Å². The van der Waals surface area contributed by atoms with Gasteiger partial charge in [-0.3, -0.25) is 0 Å². The summed E-state index contributed by atoms with van der Waals surface area (Å²) < 4.78 is 10.0. The summed E-state index contributed by atoms with van der Waals surface area (Å²) in [4.78, 5) is 5.05. The zero-order chi connectivity index (χ0) is 22.3. The van der Waals surface area contributed by atoms with Crippen molar-refractivity contribution in [3.05, 3.63) is 64.6 Å². The maximum absolute atomic E-state index is 5.68. The first-order valence-corrected chi connectivity index (χ1v) is 11.0. The molecule has 0 aliphatic carbocycles. The second-order valence-corrected chi connectivity index (χ2v) is 8.38. The van der Waals surface area contributed by atoms with E-state index in [0.29, 0.717) is 13.2 Å². The minimum absolute atomic E-state index is 0.663. The van der Waals surface area contributed by atoms with Crippen LogP contribution < -0.4 is 0 Å². The summed E-state index contributed by atoms with van der Waals surface area (Å²) >= 11 is 0. The number of benzene rings is 1. The van der Waals surface area contributed by atoms with Crippen molar-refractivity contribution in [1.29, 1.82) is 0 Å². The van der Waals surface area contributed by atoms with Crippen LogP contribution in [0.15, 0.2) is 30.9 Å². The Morgan fingerprint density at radius 3 is 2.35 bits per heavy atom. The fourth-order valence-electron chi connectivity index (χ4n) is 4.80. The second-order valence-electron chi connectivity index (χ2n) is 8.38. The van der Waals surface area contributed by atoms with Crippen molar-refractivity contribution in [2.24, 2.45) is 0 Å². The number of ether oxygens (including phenoxy) is 1. The number of nitrogens with zero attached hydrogens (tertiary/aromatic N) is 4. The minimum Gasteiger partial charge on any atom is -0.380 e. The van der Waals surface area contributed by atoms with Crippen LogP contribution in [0.5, 0.6) is 0 Å². The Morgan fingerprint density at radius 2 is 1.71 bits per heavy atom. The number of fused-ring (bicyclic) bond motifs is 3. The third-order valence-corrected chi connectivity index (χ3v) is 6.00. The van der Waals surface area contributed by atoms with Crippen molar-refractivity contribution in [2.75, 3.05) is 13.2 Å². The van der Waals surface area contributed by atoms with E-state index in [1.807, 2.05) is 17.5 Å². The molecule has 5 heteroatoms. The Hall–Kier alpha value is -2.92. The lowest BCUT2D eigenvalue weighted by atomic mass is 9.94. The maximum atomic E-state index is 5.68. The summed E-state index contributed by atoms with van der Waals surface area (Å²) in [5, 5.41) is 6.12. The van der Waals surface area contributed by atoms with Gasteiger partial charge < -0.3 is 9.30 Å². The molecule has 0 spiro atoms. The molecule has 4 rings (SSSR count). The highest BCUT2D eigenvalue weighted by Gasteiger charge is 2.22. The third-order valence-electron chi connectivity index (χ3n) is 6.00. The summed E-state index contributed by atoms with van der Waals surface area (Å²) in [5.74, 6) is 0. The molecule has 3 aromatic heterocycles. The summed E-state index contributed by atoms with van der Waals surface area (Å²) in [5.41, 5.74) is 11.4. The molecule has 0 aliphatic heterocycles. The Kier molecular flexibility index (Phi) is 5.71. The molecule has 0 unspecified atom stereocenters. The number of hydrogen-bond acceptors (Lipinski definition) is 3. The van der Waals surface area contributed by atoms with E-state index in [1.165, 1.54) is 27.9 Å². The molecule has 0 aliphatic rings. The minimum atomic E-state index is 0.663. The summed E-state index contributed by atoms with van der Waals surface area (Å²) in [7, 11) is 0. The molecule has 0 N–H and O–H groups in total. The number of hydrogen-bond donors (Lipinski definition) is 0. The van der Waals surface area contributed by atoms with Crippen LogP contribution in [0, 0.1) is 34.6 Å². The van der Waals surface area contributed by atoms with E-state index < -0.39 is 0 Å². The lowest BCUT2D eigenvalue weighted by Gasteiger charge is -2.13. The smallest absolute Gasteiger partial charge is 0.165 e. The molecule has 5 nitrogen and oxygen atoms in total. The van der Waals surface area contributed by atoms with E-state index in [1.54, 1.807) is 0 Å². The standard InChI is InChI=1S/C26H32N4O/c1-8-10-21-15-22-19(6)27-25-24(23-17(4)13-16(3)14-18(23)5)20(7)28-30(25)26(22)29(21)11-12-31-9-2/h8,13-15H,1,9-12H2,2-7H3. The number of aryl methyl sites for hydroxylation is 5. The topological polar surface area (TPSA) is 44.4 Å². The number of rotatable bonds is 7. The third kappa shape index (κ3) is 3.57.